The molecule has 0 spiro atoms. The van der Waals surface area contributed by atoms with Gasteiger partial charge in [-0.25, -0.2) is 0 Å². The summed E-state index contributed by atoms with van der Waals surface area (Å²) in [6.07, 6.45) is 2.00. The molecule has 0 aliphatic carbocycles. The molecule has 0 aliphatic heterocycles. The maximum atomic E-state index is 9.55. The number of hydrogen-bond donors (Lipinski definition) is 2. The summed E-state index contributed by atoms with van der Waals surface area (Å²) in [6.45, 7) is 6.65. The largest absolute Gasteiger partial charge is 0.508 e. The molecule has 2 aromatic carbocycles. The summed E-state index contributed by atoms with van der Waals surface area (Å²) in [5.74, 6) is 1.13. The smallest absolute Gasteiger partial charge is 0.115 e. The lowest BCUT2D eigenvalue weighted by molar-refractivity contribution is 0.384. The van der Waals surface area contributed by atoms with Gasteiger partial charge in [0.05, 0.1) is 0 Å². The van der Waals surface area contributed by atoms with Crippen LogP contribution >= 0.6 is 0 Å². The molecule has 0 unspecified atom stereocenters. The summed E-state index contributed by atoms with van der Waals surface area (Å²) in [5, 5.41) is 19.1. The zero-order valence-corrected chi connectivity index (χ0v) is 13.0. The Morgan fingerprint density at radius 3 is 1.48 bits per heavy atom. The first-order valence-electron chi connectivity index (χ1n) is 7.57. The first kappa shape index (κ1) is 15.4. The van der Waals surface area contributed by atoms with Gasteiger partial charge < -0.3 is 10.2 Å². The Morgan fingerprint density at radius 1 is 0.810 bits per heavy atom. The van der Waals surface area contributed by atoms with Crippen molar-refractivity contribution in [3.05, 3.63) is 59.7 Å². The highest BCUT2D eigenvalue weighted by atomic mass is 16.3. The molecule has 0 fully saturated rings. The predicted octanol–water partition coefficient (Wildman–Crippen LogP) is 4.84. The van der Waals surface area contributed by atoms with Crippen LogP contribution in [0.15, 0.2) is 48.5 Å². The molecule has 0 bridgehead atoms. The third-order valence-electron chi connectivity index (χ3n) is 4.20. The molecular formula is C19H24O2. The molecule has 0 aromatic heterocycles. The second-order valence-corrected chi connectivity index (χ2v) is 6.13. The Morgan fingerprint density at radius 2 is 1.19 bits per heavy atom. The van der Waals surface area contributed by atoms with E-state index in [-0.39, 0.29) is 5.41 Å². The van der Waals surface area contributed by atoms with Gasteiger partial charge in [0.25, 0.3) is 0 Å². The minimum absolute atomic E-state index is 0.0877. The number of phenols is 2. The predicted molar refractivity (Wildman–Crippen MR) is 86.7 cm³/mol. The summed E-state index contributed by atoms with van der Waals surface area (Å²) in [4.78, 5) is 0. The number of aromatic hydroxyl groups is 2. The fourth-order valence-electron chi connectivity index (χ4n) is 3.21. The summed E-state index contributed by atoms with van der Waals surface area (Å²) >= 11 is 0. The Bertz CT molecular complexity index is 522. The summed E-state index contributed by atoms with van der Waals surface area (Å²) < 4.78 is 0. The molecule has 0 saturated carbocycles. The molecular weight excluding hydrogens is 260 g/mol. The van der Waals surface area contributed by atoms with Crippen LogP contribution in [0.4, 0.5) is 0 Å². The van der Waals surface area contributed by atoms with Crippen LogP contribution in [0, 0.1) is 5.92 Å². The van der Waals surface area contributed by atoms with Crippen LogP contribution in [0.2, 0.25) is 0 Å². The van der Waals surface area contributed by atoms with Gasteiger partial charge in [0, 0.05) is 5.41 Å². The molecule has 0 heterocycles. The van der Waals surface area contributed by atoms with Crippen molar-refractivity contribution >= 4 is 0 Å². The molecule has 0 radical (unpaired) electrons. The molecule has 2 N–H and O–H groups in total. The van der Waals surface area contributed by atoms with Gasteiger partial charge in [-0.1, -0.05) is 45.0 Å². The van der Waals surface area contributed by atoms with E-state index in [9.17, 15) is 10.2 Å². The van der Waals surface area contributed by atoms with Gasteiger partial charge in [-0.05, 0) is 54.2 Å². The van der Waals surface area contributed by atoms with Crippen LogP contribution in [0.5, 0.6) is 11.5 Å². The summed E-state index contributed by atoms with van der Waals surface area (Å²) in [7, 11) is 0. The molecule has 2 nitrogen and oxygen atoms in total. The molecule has 2 rings (SSSR count). The van der Waals surface area contributed by atoms with E-state index in [0.29, 0.717) is 17.4 Å². The fraction of sp³-hybridized carbons (Fsp3) is 0.368. The van der Waals surface area contributed by atoms with Crippen LogP contribution in [0.1, 0.15) is 44.7 Å². The maximum Gasteiger partial charge on any atom is 0.115 e. The van der Waals surface area contributed by atoms with Gasteiger partial charge in [0.1, 0.15) is 11.5 Å². The van der Waals surface area contributed by atoms with Crippen molar-refractivity contribution < 1.29 is 10.2 Å². The van der Waals surface area contributed by atoms with Crippen molar-refractivity contribution in [2.24, 2.45) is 5.92 Å². The minimum atomic E-state index is -0.0877. The highest BCUT2D eigenvalue weighted by Crippen LogP contribution is 2.42. The molecule has 0 atom stereocenters. The van der Waals surface area contributed by atoms with Crippen LogP contribution in [-0.4, -0.2) is 10.2 Å². The number of hydrogen-bond acceptors (Lipinski definition) is 2. The van der Waals surface area contributed by atoms with Crippen LogP contribution < -0.4 is 0 Å². The molecule has 0 amide bonds. The third-order valence-corrected chi connectivity index (χ3v) is 4.20. The van der Waals surface area contributed by atoms with Crippen LogP contribution in [-0.2, 0) is 5.41 Å². The molecule has 2 aromatic rings. The van der Waals surface area contributed by atoms with Gasteiger partial charge in [0.15, 0.2) is 0 Å². The van der Waals surface area contributed by atoms with E-state index < -0.39 is 0 Å². The van der Waals surface area contributed by atoms with E-state index in [1.54, 1.807) is 24.3 Å². The Kier molecular flexibility index (Phi) is 4.56. The SMILES string of the molecule is CCC(CC(C)C)(c1ccc(O)cc1)c1ccc(O)cc1. The average molecular weight is 284 g/mol. The standard InChI is InChI=1S/C19H24O2/c1-4-19(13-14(2)3,15-5-9-17(20)10-6-15)16-7-11-18(21)12-8-16/h5-12,14,20-21H,4,13H2,1-3H3. The maximum absolute atomic E-state index is 9.55. The molecule has 21 heavy (non-hydrogen) atoms. The van der Waals surface area contributed by atoms with Gasteiger partial charge >= 0.3 is 0 Å². The summed E-state index contributed by atoms with van der Waals surface area (Å²) in [5.41, 5.74) is 2.33. The van der Waals surface area contributed by atoms with Crippen molar-refractivity contribution in [3.63, 3.8) is 0 Å². The Balaban J connectivity index is 2.56. The summed E-state index contributed by atoms with van der Waals surface area (Å²) in [6, 6.07) is 15.0. The lowest BCUT2D eigenvalue weighted by Crippen LogP contribution is -2.28. The van der Waals surface area contributed by atoms with Crippen LogP contribution in [0.25, 0.3) is 0 Å². The van der Waals surface area contributed by atoms with Crippen molar-refractivity contribution in [2.75, 3.05) is 0 Å². The highest BCUT2D eigenvalue weighted by molar-refractivity contribution is 5.43. The topological polar surface area (TPSA) is 40.5 Å². The third kappa shape index (κ3) is 3.21. The van der Waals surface area contributed by atoms with Gasteiger partial charge in [-0.2, -0.15) is 0 Å². The Hall–Kier alpha value is -1.96. The zero-order chi connectivity index (χ0) is 15.5. The van der Waals surface area contributed by atoms with E-state index in [4.69, 9.17) is 0 Å². The van der Waals surface area contributed by atoms with Gasteiger partial charge in [0.2, 0.25) is 0 Å². The fourth-order valence-corrected chi connectivity index (χ4v) is 3.21. The molecule has 112 valence electrons. The normalized spacial score (nSPS) is 11.8. The molecule has 0 saturated heterocycles. The monoisotopic (exact) mass is 284 g/mol. The first-order valence-corrected chi connectivity index (χ1v) is 7.57. The molecule has 0 aliphatic rings. The lowest BCUT2D eigenvalue weighted by atomic mass is 9.68. The first-order chi connectivity index (χ1) is 9.98. The lowest BCUT2D eigenvalue weighted by Gasteiger charge is -2.36. The second kappa shape index (κ2) is 6.21. The average Bonchev–Trinajstić information content (AvgIpc) is 2.46. The van der Waals surface area contributed by atoms with E-state index in [1.807, 2.05) is 24.3 Å². The van der Waals surface area contributed by atoms with Crippen LogP contribution in [0.3, 0.4) is 0 Å². The van der Waals surface area contributed by atoms with Crippen molar-refractivity contribution in [2.45, 2.75) is 39.0 Å². The van der Waals surface area contributed by atoms with Gasteiger partial charge in [-0.15, -0.1) is 0 Å². The van der Waals surface area contributed by atoms with Gasteiger partial charge in [-0.3, -0.25) is 0 Å². The molecule has 2 heteroatoms. The highest BCUT2D eigenvalue weighted by Gasteiger charge is 2.33. The quantitative estimate of drug-likeness (QED) is 0.824. The minimum Gasteiger partial charge on any atom is -0.508 e. The number of benzene rings is 2. The Labute approximate surface area is 127 Å². The second-order valence-electron chi connectivity index (χ2n) is 6.13. The van der Waals surface area contributed by atoms with Crippen molar-refractivity contribution in [1.82, 2.24) is 0 Å². The van der Waals surface area contributed by atoms with Crippen molar-refractivity contribution in [3.8, 4) is 11.5 Å². The number of rotatable bonds is 5. The zero-order valence-electron chi connectivity index (χ0n) is 13.0. The number of phenolic OH excluding ortho intramolecular Hbond substituents is 2. The van der Waals surface area contributed by atoms with Crippen molar-refractivity contribution in [1.29, 1.82) is 0 Å². The van der Waals surface area contributed by atoms with E-state index in [2.05, 4.69) is 20.8 Å². The van der Waals surface area contributed by atoms with E-state index >= 15 is 0 Å². The van der Waals surface area contributed by atoms with E-state index in [1.165, 1.54) is 11.1 Å². The van der Waals surface area contributed by atoms with E-state index in [0.717, 1.165) is 12.8 Å².